The van der Waals surface area contributed by atoms with Crippen LogP contribution in [-0.4, -0.2) is 79.4 Å². The standard InChI is InChI=1S/C25H35N5O3.C2H2O4/c1-6-32-22-15-20(10-11-21(22)33-17-25(31)30(18(2)3)19(4)5)16-26-13-12-24-28-27-23-9-7-8-14-29(23)24;3-1(4)2(5)6/h7-11,14-15,18-19,26H,6,12-13,16-17H2,1-5H3;(H,3,4)(H,5,6). The first-order chi connectivity index (χ1) is 18.5. The fourth-order valence-electron chi connectivity index (χ4n) is 3.93. The number of rotatable bonds is 12. The number of amides is 1. The first-order valence-corrected chi connectivity index (χ1v) is 12.7. The molecule has 1 amide bonds. The number of carboxylic acid groups (broad SMARTS) is 2. The lowest BCUT2D eigenvalue weighted by Crippen LogP contribution is -2.44. The van der Waals surface area contributed by atoms with Crippen LogP contribution in [0.5, 0.6) is 11.5 Å². The number of pyridine rings is 1. The van der Waals surface area contributed by atoms with Crippen LogP contribution in [0, 0.1) is 0 Å². The average Bonchev–Trinajstić information content (AvgIpc) is 3.29. The van der Waals surface area contributed by atoms with Crippen LogP contribution in [0.4, 0.5) is 0 Å². The second kappa shape index (κ2) is 15.3. The first kappa shape index (κ1) is 31.0. The Morgan fingerprint density at radius 2 is 1.67 bits per heavy atom. The summed E-state index contributed by atoms with van der Waals surface area (Å²) in [7, 11) is 0. The molecule has 0 aliphatic heterocycles. The lowest BCUT2D eigenvalue weighted by molar-refractivity contribution is -0.159. The van der Waals surface area contributed by atoms with Crippen molar-refractivity contribution >= 4 is 23.5 Å². The number of nitrogens with one attached hydrogen (secondary N) is 1. The van der Waals surface area contributed by atoms with Gasteiger partial charge in [0, 0.05) is 37.8 Å². The minimum absolute atomic E-state index is 0.0136. The molecule has 0 unspecified atom stereocenters. The number of hydrogen-bond donors (Lipinski definition) is 3. The Morgan fingerprint density at radius 3 is 2.28 bits per heavy atom. The molecule has 0 saturated carbocycles. The van der Waals surface area contributed by atoms with E-state index in [4.69, 9.17) is 29.3 Å². The largest absolute Gasteiger partial charge is 0.490 e. The summed E-state index contributed by atoms with van der Waals surface area (Å²) < 4.78 is 13.6. The normalized spacial score (nSPS) is 10.7. The summed E-state index contributed by atoms with van der Waals surface area (Å²) >= 11 is 0. The zero-order valence-electron chi connectivity index (χ0n) is 23.0. The zero-order valence-corrected chi connectivity index (χ0v) is 23.0. The Bertz CT molecular complexity index is 1220. The minimum atomic E-state index is -1.82. The van der Waals surface area contributed by atoms with Gasteiger partial charge in [-0.05, 0) is 64.4 Å². The van der Waals surface area contributed by atoms with Crippen LogP contribution >= 0.6 is 0 Å². The van der Waals surface area contributed by atoms with Crippen molar-refractivity contribution < 1.29 is 34.1 Å². The molecule has 0 bridgehead atoms. The predicted molar refractivity (Wildman–Crippen MR) is 144 cm³/mol. The van der Waals surface area contributed by atoms with Crippen molar-refractivity contribution in [2.75, 3.05) is 19.8 Å². The lowest BCUT2D eigenvalue weighted by Gasteiger charge is -2.30. The van der Waals surface area contributed by atoms with Gasteiger partial charge in [-0.3, -0.25) is 9.20 Å². The average molecular weight is 544 g/mol. The van der Waals surface area contributed by atoms with Crippen LogP contribution in [0.2, 0.25) is 0 Å². The monoisotopic (exact) mass is 543 g/mol. The molecule has 1 aromatic carbocycles. The van der Waals surface area contributed by atoms with E-state index in [1.54, 1.807) is 0 Å². The molecule has 0 fully saturated rings. The minimum Gasteiger partial charge on any atom is -0.490 e. The van der Waals surface area contributed by atoms with E-state index in [9.17, 15) is 4.79 Å². The number of carbonyl (C=O) groups is 3. The number of hydrogen-bond acceptors (Lipinski definition) is 8. The summed E-state index contributed by atoms with van der Waals surface area (Å²) in [6, 6.07) is 11.9. The maximum absolute atomic E-state index is 12.6. The Labute approximate surface area is 227 Å². The van der Waals surface area contributed by atoms with Gasteiger partial charge < -0.3 is 29.9 Å². The molecule has 0 radical (unpaired) electrons. The van der Waals surface area contributed by atoms with E-state index in [1.807, 2.05) is 86.5 Å². The highest BCUT2D eigenvalue weighted by molar-refractivity contribution is 6.27. The Balaban J connectivity index is 0.000000798. The molecule has 3 N–H and O–H groups in total. The van der Waals surface area contributed by atoms with Gasteiger partial charge in [0.25, 0.3) is 5.91 Å². The van der Waals surface area contributed by atoms with Gasteiger partial charge >= 0.3 is 11.9 Å². The third-order valence-electron chi connectivity index (χ3n) is 5.48. The fraction of sp³-hybridized carbons (Fsp3) is 0.444. The van der Waals surface area contributed by atoms with Gasteiger partial charge in [-0.25, -0.2) is 9.59 Å². The fourth-order valence-corrected chi connectivity index (χ4v) is 3.93. The number of aliphatic carboxylic acids is 2. The molecule has 2 heterocycles. The molecule has 0 aliphatic carbocycles. The van der Waals surface area contributed by atoms with E-state index in [1.165, 1.54) is 0 Å². The quantitative estimate of drug-likeness (QED) is 0.229. The highest BCUT2D eigenvalue weighted by Crippen LogP contribution is 2.28. The molecular formula is C27H37N5O7. The van der Waals surface area contributed by atoms with Crippen LogP contribution in [0.3, 0.4) is 0 Å². The number of carboxylic acids is 2. The molecule has 212 valence electrons. The second-order valence-electron chi connectivity index (χ2n) is 9.07. The van der Waals surface area contributed by atoms with E-state index < -0.39 is 11.9 Å². The van der Waals surface area contributed by atoms with Crippen molar-refractivity contribution in [3.63, 3.8) is 0 Å². The second-order valence-corrected chi connectivity index (χ2v) is 9.07. The van der Waals surface area contributed by atoms with E-state index in [2.05, 4.69) is 15.5 Å². The molecule has 39 heavy (non-hydrogen) atoms. The molecule has 12 nitrogen and oxygen atoms in total. The van der Waals surface area contributed by atoms with Gasteiger partial charge in [0.05, 0.1) is 6.61 Å². The van der Waals surface area contributed by atoms with Crippen molar-refractivity contribution in [2.24, 2.45) is 0 Å². The number of benzene rings is 1. The first-order valence-electron chi connectivity index (χ1n) is 12.7. The Kier molecular flexibility index (Phi) is 12.2. The molecule has 3 aromatic rings. The summed E-state index contributed by atoms with van der Waals surface area (Å²) in [4.78, 5) is 32.7. The van der Waals surface area contributed by atoms with Gasteiger partial charge in [-0.15, -0.1) is 10.2 Å². The van der Waals surface area contributed by atoms with Crippen LogP contribution in [-0.2, 0) is 27.3 Å². The van der Waals surface area contributed by atoms with Crippen LogP contribution in [0.1, 0.15) is 46.0 Å². The molecule has 2 aromatic heterocycles. The van der Waals surface area contributed by atoms with E-state index in [-0.39, 0.29) is 24.6 Å². The highest BCUT2D eigenvalue weighted by atomic mass is 16.5. The molecule has 3 rings (SSSR count). The van der Waals surface area contributed by atoms with E-state index in [0.717, 1.165) is 30.0 Å². The van der Waals surface area contributed by atoms with Crippen molar-refractivity contribution in [3.05, 3.63) is 54.0 Å². The zero-order chi connectivity index (χ0) is 28.9. The lowest BCUT2D eigenvalue weighted by atomic mass is 10.2. The van der Waals surface area contributed by atoms with Crippen molar-refractivity contribution in [2.45, 2.75) is 59.7 Å². The Hall–Kier alpha value is -4.19. The number of nitrogens with zero attached hydrogens (tertiary/aromatic N) is 4. The molecule has 0 aliphatic rings. The van der Waals surface area contributed by atoms with E-state index >= 15 is 0 Å². The summed E-state index contributed by atoms with van der Waals surface area (Å²) in [6.45, 7) is 11.9. The Morgan fingerprint density at radius 1 is 0.974 bits per heavy atom. The number of ether oxygens (including phenoxy) is 2. The molecular weight excluding hydrogens is 506 g/mol. The predicted octanol–water partition coefficient (Wildman–Crippen LogP) is 2.64. The van der Waals surface area contributed by atoms with Gasteiger partial charge in [-0.1, -0.05) is 12.1 Å². The summed E-state index contributed by atoms with van der Waals surface area (Å²) in [5.41, 5.74) is 1.93. The van der Waals surface area contributed by atoms with Gasteiger partial charge in [-0.2, -0.15) is 0 Å². The maximum atomic E-state index is 12.6. The number of fused-ring (bicyclic) bond motifs is 1. The summed E-state index contributed by atoms with van der Waals surface area (Å²) in [5, 5.41) is 26.7. The maximum Gasteiger partial charge on any atom is 0.414 e. The molecule has 12 heteroatoms. The van der Waals surface area contributed by atoms with Crippen LogP contribution < -0.4 is 14.8 Å². The van der Waals surface area contributed by atoms with Gasteiger partial charge in [0.15, 0.2) is 23.8 Å². The summed E-state index contributed by atoms with van der Waals surface area (Å²) in [5.74, 6) is -1.53. The molecule has 0 saturated heterocycles. The van der Waals surface area contributed by atoms with E-state index in [0.29, 0.717) is 24.7 Å². The molecule has 0 spiro atoms. The topological polar surface area (TPSA) is 156 Å². The SMILES string of the molecule is CCOc1cc(CNCCc2nnc3ccccn23)ccc1OCC(=O)N(C(C)C)C(C)C.O=C(O)C(=O)O. The summed E-state index contributed by atoms with van der Waals surface area (Å²) in [6.07, 6.45) is 2.75. The van der Waals surface area contributed by atoms with Crippen molar-refractivity contribution in [1.82, 2.24) is 24.8 Å². The number of aromatic nitrogens is 3. The van der Waals surface area contributed by atoms with Crippen LogP contribution in [0.15, 0.2) is 42.6 Å². The van der Waals surface area contributed by atoms with Gasteiger partial charge in [0.2, 0.25) is 0 Å². The number of carbonyl (C=O) groups excluding carboxylic acids is 1. The third kappa shape index (κ3) is 9.56. The smallest absolute Gasteiger partial charge is 0.414 e. The van der Waals surface area contributed by atoms with Crippen LogP contribution in [0.25, 0.3) is 5.65 Å². The molecule has 0 atom stereocenters. The highest BCUT2D eigenvalue weighted by Gasteiger charge is 2.21. The van der Waals surface area contributed by atoms with Crippen molar-refractivity contribution in [1.29, 1.82) is 0 Å². The van der Waals surface area contributed by atoms with Crippen molar-refractivity contribution in [3.8, 4) is 11.5 Å². The van der Waals surface area contributed by atoms with Gasteiger partial charge in [0.1, 0.15) is 5.82 Å². The third-order valence-corrected chi connectivity index (χ3v) is 5.48.